The molecule has 1 amide bonds. The van der Waals surface area contributed by atoms with Crippen molar-refractivity contribution in [3.8, 4) is 11.5 Å². The van der Waals surface area contributed by atoms with Crippen molar-refractivity contribution in [2.24, 2.45) is 0 Å². The number of amides is 1. The Hall–Kier alpha value is -2.36. The van der Waals surface area contributed by atoms with Crippen LogP contribution in [0.1, 0.15) is 36.5 Å². The smallest absolute Gasteiger partial charge is 0.303 e. The quantitative estimate of drug-likeness (QED) is 0.296. The minimum Gasteiger partial charge on any atom is -0.490 e. The minimum absolute atomic E-state index is 0.00911. The number of carbonyl (C=O) groups excluding carboxylic acids is 1. The Labute approximate surface area is 211 Å². The van der Waals surface area contributed by atoms with Crippen LogP contribution in [0.25, 0.3) is 6.08 Å². The molecule has 0 radical (unpaired) electrons. The van der Waals surface area contributed by atoms with E-state index >= 15 is 0 Å². The third kappa shape index (κ3) is 6.82. The number of rotatable bonds is 10. The summed E-state index contributed by atoms with van der Waals surface area (Å²) in [5.41, 5.74) is 3.00. The van der Waals surface area contributed by atoms with Crippen LogP contribution in [0.2, 0.25) is 0 Å². The van der Waals surface area contributed by atoms with Crippen LogP contribution in [0.4, 0.5) is 0 Å². The maximum Gasteiger partial charge on any atom is 0.303 e. The average Bonchev–Trinajstić information content (AvgIpc) is 3.01. The predicted molar refractivity (Wildman–Crippen MR) is 138 cm³/mol. The zero-order chi connectivity index (χ0) is 24.0. The lowest BCUT2D eigenvalue weighted by Gasteiger charge is -2.15. The van der Waals surface area contributed by atoms with E-state index in [1.54, 1.807) is 6.08 Å². The Morgan fingerprint density at radius 3 is 2.64 bits per heavy atom. The molecule has 0 aromatic heterocycles. The van der Waals surface area contributed by atoms with Crippen molar-refractivity contribution in [3.05, 3.63) is 62.5 Å². The summed E-state index contributed by atoms with van der Waals surface area (Å²) in [4.78, 5) is 25.5. The second-order valence-corrected chi connectivity index (χ2v) is 9.90. The second kappa shape index (κ2) is 11.7. The molecule has 0 spiro atoms. The van der Waals surface area contributed by atoms with Gasteiger partial charge in [-0.25, -0.2) is 0 Å². The van der Waals surface area contributed by atoms with Crippen LogP contribution in [0, 0.1) is 6.92 Å². The zero-order valence-electron chi connectivity index (χ0n) is 18.3. The number of carbonyl (C=O) groups is 2. The van der Waals surface area contributed by atoms with E-state index < -0.39 is 5.97 Å². The predicted octanol–water partition coefficient (Wildman–Crippen LogP) is 5.80. The largest absolute Gasteiger partial charge is 0.490 e. The molecule has 3 rings (SSSR count). The van der Waals surface area contributed by atoms with E-state index in [1.165, 1.54) is 22.2 Å². The molecule has 1 aliphatic heterocycles. The Morgan fingerprint density at radius 2 is 1.97 bits per heavy atom. The van der Waals surface area contributed by atoms with E-state index in [0.29, 0.717) is 44.8 Å². The van der Waals surface area contributed by atoms with Crippen LogP contribution in [-0.2, 0) is 16.2 Å². The van der Waals surface area contributed by atoms with Gasteiger partial charge in [0, 0.05) is 13.0 Å². The third-order valence-electron chi connectivity index (χ3n) is 4.78. The Bertz CT molecular complexity index is 1090. The van der Waals surface area contributed by atoms with Crippen molar-refractivity contribution >= 4 is 62.2 Å². The standard InChI is InChI=1S/C24H24BrNO5S2/c1-3-30-19-12-17(11-18(25)22(19)31-14-16-8-6-15(2)7-9-16)13-20-23(29)26(24(32)33-20)10-4-5-21(27)28/h6-9,11-13H,3-5,10,14H2,1-2H3,(H,27,28)/b20-13-. The van der Waals surface area contributed by atoms with Gasteiger partial charge in [-0.1, -0.05) is 53.8 Å². The molecule has 9 heteroatoms. The summed E-state index contributed by atoms with van der Waals surface area (Å²) in [6, 6.07) is 11.8. The SMILES string of the molecule is CCOc1cc(/C=C2\SC(=S)N(CCCC(=O)O)C2=O)cc(Br)c1OCc1ccc(C)cc1. The maximum absolute atomic E-state index is 12.8. The molecule has 0 bridgehead atoms. The van der Waals surface area contributed by atoms with E-state index in [2.05, 4.69) is 15.9 Å². The number of thiocarbonyl (C=S) groups is 1. The molecule has 2 aromatic carbocycles. The summed E-state index contributed by atoms with van der Waals surface area (Å²) in [6.07, 6.45) is 2.10. The summed E-state index contributed by atoms with van der Waals surface area (Å²) in [5.74, 6) is 0.0520. The zero-order valence-corrected chi connectivity index (χ0v) is 21.5. The van der Waals surface area contributed by atoms with Crippen LogP contribution in [0.5, 0.6) is 11.5 Å². The highest BCUT2D eigenvalue weighted by Gasteiger charge is 2.31. The van der Waals surface area contributed by atoms with Gasteiger partial charge in [-0.15, -0.1) is 0 Å². The lowest BCUT2D eigenvalue weighted by Crippen LogP contribution is -2.29. The van der Waals surface area contributed by atoms with Gasteiger partial charge in [0.05, 0.1) is 16.0 Å². The maximum atomic E-state index is 12.8. The first kappa shape index (κ1) is 25.3. The van der Waals surface area contributed by atoms with Crippen LogP contribution in [0.15, 0.2) is 45.8 Å². The summed E-state index contributed by atoms with van der Waals surface area (Å²) in [7, 11) is 0. The van der Waals surface area contributed by atoms with Crippen molar-refractivity contribution in [2.75, 3.05) is 13.2 Å². The van der Waals surface area contributed by atoms with Gasteiger partial charge in [-0.2, -0.15) is 0 Å². The van der Waals surface area contributed by atoms with Crippen molar-refractivity contribution < 1.29 is 24.2 Å². The number of carboxylic acid groups (broad SMARTS) is 1. The fourth-order valence-corrected chi connectivity index (χ4v) is 5.03. The van der Waals surface area contributed by atoms with Gasteiger partial charge in [0.25, 0.3) is 5.91 Å². The number of hydrogen-bond acceptors (Lipinski definition) is 6. The number of hydrogen-bond donors (Lipinski definition) is 1. The number of aliphatic carboxylic acids is 1. The lowest BCUT2D eigenvalue weighted by atomic mass is 10.1. The second-order valence-electron chi connectivity index (χ2n) is 7.37. The van der Waals surface area contributed by atoms with Gasteiger partial charge in [0.15, 0.2) is 11.5 Å². The highest BCUT2D eigenvalue weighted by atomic mass is 79.9. The fraction of sp³-hybridized carbons (Fsp3) is 0.292. The van der Waals surface area contributed by atoms with Gasteiger partial charge < -0.3 is 14.6 Å². The van der Waals surface area contributed by atoms with Crippen LogP contribution in [-0.4, -0.2) is 39.4 Å². The van der Waals surface area contributed by atoms with Gasteiger partial charge in [0.2, 0.25) is 0 Å². The molecular formula is C24H24BrNO5S2. The molecule has 1 N–H and O–H groups in total. The van der Waals surface area contributed by atoms with Gasteiger partial charge >= 0.3 is 5.97 Å². The molecule has 174 valence electrons. The molecule has 0 atom stereocenters. The molecule has 33 heavy (non-hydrogen) atoms. The van der Waals surface area contributed by atoms with Gasteiger partial charge in [-0.05, 0) is 65.5 Å². The minimum atomic E-state index is -0.894. The highest BCUT2D eigenvalue weighted by Crippen LogP contribution is 2.39. The van der Waals surface area contributed by atoms with Crippen molar-refractivity contribution in [1.29, 1.82) is 0 Å². The average molecular weight is 550 g/mol. The van der Waals surface area contributed by atoms with Crippen LogP contribution < -0.4 is 9.47 Å². The van der Waals surface area contributed by atoms with Crippen molar-refractivity contribution in [3.63, 3.8) is 0 Å². The summed E-state index contributed by atoms with van der Waals surface area (Å²) in [5, 5.41) is 8.82. The summed E-state index contributed by atoms with van der Waals surface area (Å²) >= 11 is 10.1. The van der Waals surface area contributed by atoms with E-state index in [9.17, 15) is 9.59 Å². The van der Waals surface area contributed by atoms with Gasteiger partial charge in [-0.3, -0.25) is 14.5 Å². The third-order valence-corrected chi connectivity index (χ3v) is 6.75. The van der Waals surface area contributed by atoms with Crippen LogP contribution >= 0.6 is 39.9 Å². The summed E-state index contributed by atoms with van der Waals surface area (Å²) < 4.78 is 13.0. The molecular weight excluding hydrogens is 526 g/mol. The number of benzene rings is 2. The molecule has 0 aliphatic carbocycles. The Morgan fingerprint density at radius 1 is 1.24 bits per heavy atom. The highest BCUT2D eigenvalue weighted by molar-refractivity contribution is 9.10. The number of halogens is 1. The molecule has 2 aromatic rings. The molecule has 6 nitrogen and oxygen atoms in total. The lowest BCUT2D eigenvalue weighted by molar-refractivity contribution is -0.137. The van der Waals surface area contributed by atoms with E-state index in [1.807, 2.05) is 50.2 Å². The number of aryl methyl sites for hydroxylation is 1. The number of nitrogens with zero attached hydrogens (tertiary/aromatic N) is 1. The number of thioether (sulfide) groups is 1. The van der Waals surface area contributed by atoms with Crippen molar-refractivity contribution in [1.82, 2.24) is 4.90 Å². The van der Waals surface area contributed by atoms with Crippen molar-refractivity contribution in [2.45, 2.75) is 33.3 Å². The Balaban J connectivity index is 1.78. The summed E-state index contributed by atoms with van der Waals surface area (Å²) in [6.45, 7) is 5.08. The number of ether oxygens (including phenoxy) is 2. The molecule has 0 saturated carbocycles. The number of carboxylic acids is 1. The monoisotopic (exact) mass is 549 g/mol. The molecule has 1 aliphatic rings. The van der Waals surface area contributed by atoms with E-state index in [4.69, 9.17) is 26.8 Å². The van der Waals surface area contributed by atoms with Crippen LogP contribution in [0.3, 0.4) is 0 Å². The van der Waals surface area contributed by atoms with E-state index in [0.717, 1.165) is 11.1 Å². The van der Waals surface area contributed by atoms with Gasteiger partial charge in [0.1, 0.15) is 10.9 Å². The molecule has 1 saturated heterocycles. The topological polar surface area (TPSA) is 76.1 Å². The van der Waals surface area contributed by atoms with E-state index in [-0.39, 0.29) is 18.9 Å². The molecule has 1 heterocycles. The first-order valence-corrected chi connectivity index (χ1v) is 12.4. The fourth-order valence-electron chi connectivity index (χ4n) is 3.15. The molecule has 0 unspecified atom stereocenters. The molecule has 1 fully saturated rings. The first-order valence-electron chi connectivity index (χ1n) is 10.4. The Kier molecular flexibility index (Phi) is 8.94. The first-order chi connectivity index (χ1) is 15.8. The normalized spacial score (nSPS) is 14.8.